The number of hydrogen-bond acceptors (Lipinski definition) is 4. The number of ether oxygens (including phenoxy) is 1. The molecule has 7 nitrogen and oxygen atoms in total. The second-order valence-electron chi connectivity index (χ2n) is 14.1. The van der Waals surface area contributed by atoms with Gasteiger partial charge < -0.3 is 19.8 Å². The van der Waals surface area contributed by atoms with E-state index >= 15 is 0 Å². The average Bonchev–Trinajstić information content (AvgIpc) is 2.95. The molecule has 0 aromatic rings. The lowest BCUT2D eigenvalue weighted by atomic mass is 9.95. The Labute approximate surface area is 271 Å². The summed E-state index contributed by atoms with van der Waals surface area (Å²) in [4.78, 5) is 38.6. The number of nitrogens with zero attached hydrogens (tertiary/aromatic N) is 1. The molecule has 0 saturated heterocycles. The van der Waals surface area contributed by atoms with Crippen LogP contribution in [0.25, 0.3) is 0 Å². The first kappa shape index (κ1) is 42.2. The Kier molecular flexibility index (Phi) is 26.4. The van der Waals surface area contributed by atoms with Crippen LogP contribution in [0, 0.1) is 11.8 Å². The minimum absolute atomic E-state index is 0.258. The van der Waals surface area contributed by atoms with Gasteiger partial charge in [-0.3, -0.25) is 9.59 Å². The van der Waals surface area contributed by atoms with Crippen molar-refractivity contribution in [3.63, 3.8) is 0 Å². The molecule has 44 heavy (non-hydrogen) atoms. The number of carbonyl (C=O) groups is 3. The highest BCUT2D eigenvalue weighted by atomic mass is 16.6. The van der Waals surface area contributed by atoms with Crippen LogP contribution in [0.2, 0.25) is 0 Å². The molecule has 0 spiro atoms. The average molecular weight is 626 g/mol. The molecular weight excluding hydrogens is 554 g/mol. The van der Waals surface area contributed by atoms with Crippen LogP contribution in [-0.4, -0.2) is 51.8 Å². The number of hydrogen-bond donors (Lipinski definition) is 2. The Morgan fingerprint density at radius 1 is 0.523 bits per heavy atom. The van der Waals surface area contributed by atoms with Crippen molar-refractivity contribution in [3.8, 4) is 0 Å². The van der Waals surface area contributed by atoms with Crippen LogP contribution >= 0.6 is 0 Å². The van der Waals surface area contributed by atoms with Crippen molar-refractivity contribution in [2.75, 3.05) is 13.1 Å². The zero-order chi connectivity index (χ0) is 33.1. The SMILES string of the molecule is CCCCCCCCCCCCC(CCN(CCC(CCCCCCCCCCCC)C(=O)O)C(=O)OC(C)(C)C)C(=O)O. The lowest BCUT2D eigenvalue weighted by Crippen LogP contribution is -2.40. The van der Waals surface area contributed by atoms with Gasteiger partial charge in [-0.2, -0.15) is 0 Å². The summed E-state index contributed by atoms with van der Waals surface area (Å²) in [5.74, 6) is -2.68. The van der Waals surface area contributed by atoms with Gasteiger partial charge in [-0.1, -0.05) is 142 Å². The fraction of sp³-hybridized carbons (Fsp3) is 0.919. The summed E-state index contributed by atoms with van der Waals surface area (Å²) >= 11 is 0. The van der Waals surface area contributed by atoms with E-state index in [0.717, 1.165) is 38.5 Å². The summed E-state index contributed by atoms with van der Waals surface area (Å²) in [5.41, 5.74) is -0.681. The van der Waals surface area contributed by atoms with Crippen molar-refractivity contribution in [1.82, 2.24) is 4.90 Å². The lowest BCUT2D eigenvalue weighted by Gasteiger charge is -2.29. The largest absolute Gasteiger partial charge is 0.481 e. The minimum atomic E-state index is -0.825. The molecule has 0 aliphatic heterocycles. The van der Waals surface area contributed by atoms with E-state index in [1.165, 1.54) is 94.8 Å². The molecule has 0 saturated carbocycles. The van der Waals surface area contributed by atoms with Crippen molar-refractivity contribution >= 4 is 18.0 Å². The molecule has 0 aliphatic carbocycles. The van der Waals surface area contributed by atoms with Crippen LogP contribution in [0.4, 0.5) is 4.79 Å². The summed E-state index contributed by atoms with van der Waals surface area (Å²) in [6.07, 6.45) is 25.5. The van der Waals surface area contributed by atoms with Crippen LogP contribution in [0.1, 0.15) is 189 Å². The first-order valence-corrected chi connectivity index (χ1v) is 18.4. The zero-order valence-corrected chi connectivity index (χ0v) is 29.5. The maximum atomic E-state index is 13.0. The molecule has 260 valence electrons. The predicted molar refractivity (Wildman–Crippen MR) is 182 cm³/mol. The van der Waals surface area contributed by atoms with Crippen molar-refractivity contribution in [3.05, 3.63) is 0 Å². The summed E-state index contributed by atoms with van der Waals surface area (Å²) in [6, 6.07) is 0. The van der Waals surface area contributed by atoms with E-state index in [4.69, 9.17) is 4.74 Å². The van der Waals surface area contributed by atoms with Gasteiger partial charge >= 0.3 is 18.0 Å². The van der Waals surface area contributed by atoms with Gasteiger partial charge in [0.1, 0.15) is 5.60 Å². The van der Waals surface area contributed by atoms with Crippen LogP contribution in [0.3, 0.4) is 0 Å². The van der Waals surface area contributed by atoms with Crippen LogP contribution < -0.4 is 0 Å². The van der Waals surface area contributed by atoms with Crippen LogP contribution in [-0.2, 0) is 14.3 Å². The fourth-order valence-electron chi connectivity index (χ4n) is 5.78. The molecule has 7 heteroatoms. The van der Waals surface area contributed by atoms with Crippen LogP contribution in [0.5, 0.6) is 0 Å². The van der Waals surface area contributed by atoms with Crippen LogP contribution in [0.15, 0.2) is 0 Å². The monoisotopic (exact) mass is 626 g/mol. The molecule has 2 atom stereocenters. The molecule has 2 unspecified atom stereocenters. The first-order valence-electron chi connectivity index (χ1n) is 18.4. The number of amides is 1. The van der Waals surface area contributed by atoms with Crippen molar-refractivity contribution in [1.29, 1.82) is 0 Å². The van der Waals surface area contributed by atoms with Crippen molar-refractivity contribution < 1.29 is 29.3 Å². The van der Waals surface area contributed by atoms with Crippen molar-refractivity contribution in [2.24, 2.45) is 11.8 Å². The Bertz CT molecular complexity index is 673. The molecule has 0 bridgehead atoms. The van der Waals surface area contributed by atoms with Gasteiger partial charge in [-0.25, -0.2) is 4.79 Å². The molecule has 0 rings (SSSR count). The van der Waals surface area contributed by atoms with Gasteiger partial charge in [0.05, 0.1) is 11.8 Å². The van der Waals surface area contributed by atoms with Gasteiger partial charge in [-0.15, -0.1) is 0 Å². The third-order valence-corrected chi connectivity index (χ3v) is 8.66. The lowest BCUT2D eigenvalue weighted by molar-refractivity contribution is -0.143. The maximum Gasteiger partial charge on any atom is 0.410 e. The van der Waals surface area contributed by atoms with Gasteiger partial charge in [-0.05, 0) is 46.5 Å². The van der Waals surface area contributed by atoms with E-state index in [9.17, 15) is 24.6 Å². The maximum absolute atomic E-state index is 13.0. The topological polar surface area (TPSA) is 104 Å². The highest BCUT2D eigenvalue weighted by molar-refractivity contribution is 5.71. The molecule has 2 N–H and O–H groups in total. The number of rotatable bonds is 30. The van der Waals surface area contributed by atoms with Gasteiger partial charge in [0, 0.05) is 13.1 Å². The van der Waals surface area contributed by atoms with E-state index < -0.39 is 35.5 Å². The third kappa shape index (κ3) is 25.5. The molecule has 0 fully saturated rings. The number of carboxylic acid groups (broad SMARTS) is 2. The fourth-order valence-corrected chi connectivity index (χ4v) is 5.78. The summed E-state index contributed by atoms with van der Waals surface area (Å²) in [6.45, 7) is 10.4. The predicted octanol–water partition coefficient (Wildman–Crippen LogP) is 11.0. The van der Waals surface area contributed by atoms with E-state index in [-0.39, 0.29) is 13.1 Å². The number of aliphatic carboxylic acids is 2. The van der Waals surface area contributed by atoms with E-state index in [2.05, 4.69) is 13.8 Å². The van der Waals surface area contributed by atoms with Crippen molar-refractivity contribution in [2.45, 2.75) is 194 Å². The van der Waals surface area contributed by atoms with Gasteiger partial charge in [0.25, 0.3) is 0 Å². The summed E-state index contributed by atoms with van der Waals surface area (Å²) < 4.78 is 5.61. The molecule has 0 aromatic carbocycles. The molecular formula is C37H71NO6. The number of carboxylic acids is 2. The van der Waals surface area contributed by atoms with Gasteiger partial charge in [0.2, 0.25) is 0 Å². The Morgan fingerprint density at radius 2 is 0.818 bits per heavy atom. The van der Waals surface area contributed by atoms with Gasteiger partial charge in [0.15, 0.2) is 0 Å². The summed E-state index contributed by atoms with van der Waals surface area (Å²) in [7, 11) is 0. The summed E-state index contributed by atoms with van der Waals surface area (Å²) in [5, 5.41) is 19.7. The minimum Gasteiger partial charge on any atom is -0.481 e. The Hall–Kier alpha value is -1.79. The second-order valence-corrected chi connectivity index (χ2v) is 14.1. The molecule has 0 heterocycles. The van der Waals surface area contributed by atoms with E-state index in [1.807, 2.05) is 0 Å². The molecule has 0 aromatic heterocycles. The van der Waals surface area contributed by atoms with E-state index in [0.29, 0.717) is 25.7 Å². The molecule has 0 aliphatic rings. The molecule has 0 radical (unpaired) electrons. The number of unbranched alkanes of at least 4 members (excludes halogenated alkanes) is 18. The highest BCUT2D eigenvalue weighted by Gasteiger charge is 2.27. The Morgan fingerprint density at radius 3 is 1.09 bits per heavy atom. The smallest absolute Gasteiger partial charge is 0.410 e. The van der Waals surface area contributed by atoms with E-state index in [1.54, 1.807) is 20.8 Å². The standard InChI is InChI=1S/C37H71NO6/c1-6-8-10-12-14-16-18-20-22-24-26-32(34(39)40)28-30-38(36(43)44-37(3,4)5)31-29-33(35(41)42)27-25-23-21-19-17-15-13-11-9-7-2/h32-33H,6-31H2,1-5H3,(H,39,40)(H,41,42). The molecule has 1 amide bonds. The zero-order valence-electron chi connectivity index (χ0n) is 29.5. The number of carbonyl (C=O) groups excluding carboxylic acids is 1. The highest BCUT2D eigenvalue weighted by Crippen LogP contribution is 2.21. The Balaban J connectivity index is 4.69. The quantitative estimate of drug-likeness (QED) is 0.0769. The third-order valence-electron chi connectivity index (χ3n) is 8.66. The first-order chi connectivity index (χ1) is 21.0. The normalized spacial score (nSPS) is 13.0. The second kappa shape index (κ2) is 27.5.